The first-order valence-electron chi connectivity index (χ1n) is 8.92. The molecule has 0 saturated heterocycles. The van der Waals surface area contributed by atoms with E-state index >= 15 is 0 Å². The highest BCUT2D eigenvalue weighted by molar-refractivity contribution is 7.89. The van der Waals surface area contributed by atoms with E-state index in [-0.39, 0.29) is 0 Å². The lowest BCUT2D eigenvalue weighted by atomic mass is 10.1. The molecule has 1 amide bonds. The van der Waals surface area contributed by atoms with Crippen LogP contribution in [0.3, 0.4) is 0 Å². The summed E-state index contributed by atoms with van der Waals surface area (Å²) in [5, 5.41) is 0. The molecule has 2 aromatic carbocycles. The summed E-state index contributed by atoms with van der Waals surface area (Å²) in [6, 6.07) is 15.0. The molecule has 142 valence electrons. The maximum atomic E-state index is 11.9. The Kier molecular flexibility index (Phi) is 5.60. The molecule has 0 spiro atoms. The molecule has 0 aliphatic heterocycles. The SMILES string of the molecule is CCCCc1nc2ccccc2n1Cc1ccc(C(=O)NS(C)(=O)=O)cc1. The van der Waals surface area contributed by atoms with E-state index in [1.54, 1.807) is 12.1 Å². The lowest BCUT2D eigenvalue weighted by Crippen LogP contribution is -2.29. The first-order chi connectivity index (χ1) is 12.9. The quantitative estimate of drug-likeness (QED) is 0.678. The molecular formula is C20H23N3O3S. The van der Waals surface area contributed by atoms with Gasteiger partial charge in [-0.25, -0.2) is 18.1 Å². The minimum atomic E-state index is -3.57. The topological polar surface area (TPSA) is 81.1 Å². The predicted molar refractivity (Wildman–Crippen MR) is 106 cm³/mol. The van der Waals surface area contributed by atoms with Crippen molar-refractivity contribution in [3.8, 4) is 0 Å². The third kappa shape index (κ3) is 4.74. The summed E-state index contributed by atoms with van der Waals surface area (Å²) in [4.78, 5) is 16.7. The Balaban J connectivity index is 1.86. The minimum Gasteiger partial charge on any atom is -0.323 e. The zero-order valence-corrected chi connectivity index (χ0v) is 16.3. The van der Waals surface area contributed by atoms with Crippen molar-refractivity contribution < 1.29 is 13.2 Å². The number of sulfonamides is 1. The molecule has 7 heteroatoms. The lowest BCUT2D eigenvalue weighted by molar-refractivity contribution is 0.0981. The van der Waals surface area contributed by atoms with Gasteiger partial charge in [-0.3, -0.25) is 4.79 Å². The molecule has 0 bridgehead atoms. The van der Waals surface area contributed by atoms with E-state index in [0.29, 0.717) is 12.1 Å². The fourth-order valence-corrected chi connectivity index (χ4v) is 3.45. The number of amides is 1. The molecule has 0 radical (unpaired) electrons. The van der Waals surface area contributed by atoms with Crippen LogP contribution >= 0.6 is 0 Å². The molecule has 1 heterocycles. The van der Waals surface area contributed by atoms with Crippen LogP contribution in [-0.2, 0) is 23.0 Å². The van der Waals surface area contributed by atoms with Crippen LogP contribution in [0.25, 0.3) is 11.0 Å². The molecule has 3 aromatic rings. The van der Waals surface area contributed by atoms with E-state index in [4.69, 9.17) is 4.98 Å². The van der Waals surface area contributed by atoms with Crippen molar-refractivity contribution in [1.29, 1.82) is 0 Å². The molecule has 0 fully saturated rings. The molecule has 27 heavy (non-hydrogen) atoms. The Labute approximate surface area is 159 Å². The second kappa shape index (κ2) is 7.92. The van der Waals surface area contributed by atoms with Gasteiger partial charge in [0.2, 0.25) is 10.0 Å². The summed E-state index contributed by atoms with van der Waals surface area (Å²) in [6.07, 6.45) is 4.06. The van der Waals surface area contributed by atoms with Gasteiger partial charge in [-0.15, -0.1) is 0 Å². The van der Waals surface area contributed by atoms with Crippen LogP contribution in [0.5, 0.6) is 0 Å². The number of hydrogen-bond donors (Lipinski definition) is 1. The third-order valence-corrected chi connectivity index (χ3v) is 4.88. The van der Waals surface area contributed by atoms with E-state index in [0.717, 1.165) is 47.9 Å². The number of imidazole rings is 1. The van der Waals surface area contributed by atoms with Crippen LogP contribution in [0, 0.1) is 0 Å². The Morgan fingerprint density at radius 3 is 2.48 bits per heavy atom. The van der Waals surface area contributed by atoms with Crippen LogP contribution in [-0.4, -0.2) is 30.1 Å². The van der Waals surface area contributed by atoms with Crippen molar-refractivity contribution in [2.24, 2.45) is 0 Å². The summed E-state index contributed by atoms with van der Waals surface area (Å²) in [6.45, 7) is 2.81. The second-order valence-electron chi connectivity index (χ2n) is 6.61. The number of aryl methyl sites for hydroxylation is 1. The minimum absolute atomic E-state index is 0.311. The zero-order valence-electron chi connectivity index (χ0n) is 15.5. The number of aromatic nitrogens is 2. The van der Waals surface area contributed by atoms with Gasteiger partial charge in [0.1, 0.15) is 5.82 Å². The normalized spacial score (nSPS) is 11.6. The monoisotopic (exact) mass is 385 g/mol. The first-order valence-corrected chi connectivity index (χ1v) is 10.8. The highest BCUT2D eigenvalue weighted by Gasteiger charge is 2.13. The number of hydrogen-bond acceptors (Lipinski definition) is 4. The van der Waals surface area contributed by atoms with E-state index < -0.39 is 15.9 Å². The number of carbonyl (C=O) groups excluding carboxylic acids is 1. The van der Waals surface area contributed by atoms with Crippen LogP contribution < -0.4 is 4.72 Å². The molecule has 3 rings (SSSR count). The van der Waals surface area contributed by atoms with Crippen molar-refractivity contribution in [2.75, 3.05) is 6.26 Å². The Morgan fingerprint density at radius 1 is 1.11 bits per heavy atom. The van der Waals surface area contributed by atoms with Gasteiger partial charge in [-0.2, -0.15) is 0 Å². The number of unbranched alkanes of at least 4 members (excludes halogenated alkanes) is 1. The number of carbonyl (C=O) groups is 1. The van der Waals surface area contributed by atoms with Gasteiger partial charge in [-0.05, 0) is 36.2 Å². The van der Waals surface area contributed by atoms with Crippen molar-refractivity contribution in [2.45, 2.75) is 32.7 Å². The molecule has 1 N–H and O–H groups in total. The maximum Gasteiger partial charge on any atom is 0.264 e. The molecule has 0 atom stereocenters. The Bertz CT molecular complexity index is 1050. The highest BCUT2D eigenvalue weighted by atomic mass is 32.2. The zero-order chi connectivity index (χ0) is 19.4. The molecule has 0 aliphatic rings. The summed E-state index contributed by atoms with van der Waals surface area (Å²) in [7, 11) is -3.57. The number of rotatable bonds is 7. The van der Waals surface area contributed by atoms with Crippen LogP contribution in [0.4, 0.5) is 0 Å². The van der Waals surface area contributed by atoms with Crippen molar-refractivity contribution in [3.05, 3.63) is 65.5 Å². The van der Waals surface area contributed by atoms with Gasteiger partial charge in [0.25, 0.3) is 5.91 Å². The van der Waals surface area contributed by atoms with Crippen molar-refractivity contribution in [3.63, 3.8) is 0 Å². The number of benzene rings is 2. The molecule has 1 aromatic heterocycles. The largest absolute Gasteiger partial charge is 0.323 e. The van der Waals surface area contributed by atoms with Crippen molar-refractivity contribution in [1.82, 2.24) is 14.3 Å². The summed E-state index contributed by atoms with van der Waals surface area (Å²) >= 11 is 0. The maximum absolute atomic E-state index is 11.9. The predicted octanol–water partition coefficient (Wildman–Crippen LogP) is 3.12. The van der Waals surface area contributed by atoms with Gasteiger partial charge < -0.3 is 4.57 Å². The standard InChI is InChI=1S/C20H23N3O3S/c1-3-4-9-19-21-17-7-5-6-8-18(17)23(19)14-15-10-12-16(13-11-15)20(24)22-27(2,25)26/h5-8,10-13H,3-4,9,14H2,1-2H3,(H,22,24). The molecular weight excluding hydrogens is 362 g/mol. The van der Waals surface area contributed by atoms with Gasteiger partial charge in [0, 0.05) is 18.5 Å². The van der Waals surface area contributed by atoms with Gasteiger partial charge in [-0.1, -0.05) is 37.6 Å². The average molecular weight is 385 g/mol. The van der Waals surface area contributed by atoms with Gasteiger partial charge >= 0.3 is 0 Å². The smallest absolute Gasteiger partial charge is 0.264 e. The average Bonchev–Trinajstić information content (AvgIpc) is 2.97. The molecule has 0 aliphatic carbocycles. The fourth-order valence-electron chi connectivity index (χ4n) is 3.00. The summed E-state index contributed by atoms with van der Waals surface area (Å²) in [5.74, 6) is 0.428. The van der Waals surface area contributed by atoms with E-state index in [2.05, 4.69) is 17.6 Å². The van der Waals surface area contributed by atoms with Gasteiger partial charge in [0.15, 0.2) is 0 Å². The van der Waals surface area contributed by atoms with E-state index in [1.165, 1.54) is 0 Å². The Hall–Kier alpha value is -2.67. The highest BCUT2D eigenvalue weighted by Crippen LogP contribution is 2.19. The Morgan fingerprint density at radius 2 is 1.81 bits per heavy atom. The summed E-state index contributed by atoms with van der Waals surface area (Å²) < 4.78 is 26.6. The number of fused-ring (bicyclic) bond motifs is 1. The third-order valence-electron chi connectivity index (χ3n) is 4.32. The lowest BCUT2D eigenvalue weighted by Gasteiger charge is -2.10. The van der Waals surface area contributed by atoms with Crippen molar-refractivity contribution >= 4 is 27.0 Å². The van der Waals surface area contributed by atoms with Gasteiger partial charge in [0.05, 0.1) is 17.3 Å². The molecule has 0 saturated carbocycles. The molecule has 6 nitrogen and oxygen atoms in total. The summed E-state index contributed by atoms with van der Waals surface area (Å²) in [5.41, 5.74) is 3.40. The van der Waals surface area contributed by atoms with Crippen LogP contribution in [0.2, 0.25) is 0 Å². The number of nitrogens with one attached hydrogen (secondary N) is 1. The first kappa shape index (κ1) is 19.1. The van der Waals surface area contributed by atoms with Crippen LogP contribution in [0.15, 0.2) is 48.5 Å². The number of nitrogens with zero attached hydrogens (tertiary/aromatic N) is 2. The van der Waals surface area contributed by atoms with E-state index in [9.17, 15) is 13.2 Å². The number of para-hydroxylation sites is 2. The molecule has 0 unspecified atom stereocenters. The fraction of sp³-hybridized carbons (Fsp3) is 0.300. The van der Waals surface area contributed by atoms with Crippen LogP contribution in [0.1, 0.15) is 41.5 Å². The van der Waals surface area contributed by atoms with E-state index in [1.807, 2.05) is 35.1 Å². The second-order valence-corrected chi connectivity index (χ2v) is 8.36.